The van der Waals surface area contributed by atoms with Gasteiger partial charge < -0.3 is 14.6 Å². The van der Waals surface area contributed by atoms with Crippen LogP contribution in [0.1, 0.15) is 0 Å². The molecule has 0 atom stereocenters. The SMILES string of the molecule is Nc1nc2ccc(-c3cc(=O)c4cc5ccccc5cc4o3)cc2o1. The highest BCUT2D eigenvalue weighted by Gasteiger charge is 2.11. The second-order valence-corrected chi connectivity index (χ2v) is 5.91. The van der Waals surface area contributed by atoms with Crippen LogP contribution in [0.3, 0.4) is 0 Å². The molecule has 0 aliphatic rings. The zero-order valence-electron chi connectivity index (χ0n) is 13.0. The number of hydrogen-bond donors (Lipinski definition) is 1. The number of oxazole rings is 1. The van der Waals surface area contributed by atoms with Crippen molar-refractivity contribution in [2.24, 2.45) is 0 Å². The van der Waals surface area contributed by atoms with Crippen LogP contribution in [0.15, 0.2) is 74.3 Å². The van der Waals surface area contributed by atoms with Crippen molar-refractivity contribution in [3.63, 3.8) is 0 Å². The average molecular weight is 328 g/mol. The molecule has 0 radical (unpaired) electrons. The van der Waals surface area contributed by atoms with E-state index in [9.17, 15) is 4.79 Å². The maximum absolute atomic E-state index is 12.6. The highest BCUT2D eigenvalue weighted by atomic mass is 16.4. The Morgan fingerprint density at radius 1 is 0.840 bits per heavy atom. The smallest absolute Gasteiger partial charge is 0.292 e. The van der Waals surface area contributed by atoms with Crippen LogP contribution < -0.4 is 11.2 Å². The number of aromatic nitrogens is 1. The highest BCUT2D eigenvalue weighted by molar-refractivity contribution is 5.96. The lowest BCUT2D eigenvalue weighted by Gasteiger charge is -2.05. The summed E-state index contributed by atoms with van der Waals surface area (Å²) in [6.07, 6.45) is 0. The van der Waals surface area contributed by atoms with Gasteiger partial charge in [0.25, 0.3) is 6.01 Å². The van der Waals surface area contributed by atoms with Gasteiger partial charge in [-0.2, -0.15) is 4.98 Å². The van der Waals surface area contributed by atoms with E-state index in [-0.39, 0.29) is 11.4 Å². The van der Waals surface area contributed by atoms with Gasteiger partial charge in [0.15, 0.2) is 11.0 Å². The summed E-state index contributed by atoms with van der Waals surface area (Å²) >= 11 is 0. The van der Waals surface area contributed by atoms with Crippen molar-refractivity contribution in [3.8, 4) is 11.3 Å². The molecule has 25 heavy (non-hydrogen) atoms. The molecule has 2 heterocycles. The molecule has 0 saturated heterocycles. The van der Waals surface area contributed by atoms with Crippen LogP contribution in [0.5, 0.6) is 0 Å². The van der Waals surface area contributed by atoms with E-state index < -0.39 is 0 Å². The Labute approximate surface area is 141 Å². The quantitative estimate of drug-likeness (QED) is 0.463. The molecular formula is C20H12N2O3. The van der Waals surface area contributed by atoms with Gasteiger partial charge in [-0.15, -0.1) is 0 Å². The normalized spacial score (nSPS) is 11.5. The summed E-state index contributed by atoms with van der Waals surface area (Å²) in [5.41, 5.74) is 8.00. The molecular weight excluding hydrogens is 316 g/mol. The summed E-state index contributed by atoms with van der Waals surface area (Å²) in [6.45, 7) is 0. The molecule has 2 N–H and O–H groups in total. The minimum Gasteiger partial charge on any atom is -0.456 e. The Morgan fingerprint density at radius 2 is 1.64 bits per heavy atom. The van der Waals surface area contributed by atoms with Gasteiger partial charge in [0.2, 0.25) is 0 Å². The first-order chi connectivity index (χ1) is 12.2. The van der Waals surface area contributed by atoms with E-state index in [0.29, 0.717) is 27.8 Å². The topological polar surface area (TPSA) is 82.3 Å². The van der Waals surface area contributed by atoms with Crippen LogP contribution in [-0.2, 0) is 0 Å². The Kier molecular flexibility index (Phi) is 2.73. The maximum Gasteiger partial charge on any atom is 0.292 e. The molecule has 0 aliphatic heterocycles. The maximum atomic E-state index is 12.6. The summed E-state index contributed by atoms with van der Waals surface area (Å²) in [6, 6.07) is 18.6. The van der Waals surface area contributed by atoms with Crippen molar-refractivity contribution in [1.29, 1.82) is 0 Å². The Balaban J connectivity index is 1.77. The molecule has 0 unspecified atom stereocenters. The number of nitrogens with zero attached hydrogens (tertiary/aromatic N) is 1. The largest absolute Gasteiger partial charge is 0.456 e. The molecule has 0 amide bonds. The van der Waals surface area contributed by atoms with Crippen LogP contribution in [0.25, 0.3) is 44.2 Å². The molecule has 5 nitrogen and oxygen atoms in total. The first kappa shape index (κ1) is 13.8. The minimum atomic E-state index is -0.0841. The van der Waals surface area contributed by atoms with Gasteiger partial charge >= 0.3 is 0 Å². The van der Waals surface area contributed by atoms with Crippen LogP contribution in [0, 0.1) is 0 Å². The van der Waals surface area contributed by atoms with E-state index in [0.717, 1.165) is 16.3 Å². The van der Waals surface area contributed by atoms with Crippen LogP contribution in [0.2, 0.25) is 0 Å². The lowest BCUT2D eigenvalue weighted by Crippen LogP contribution is -2.00. The number of hydrogen-bond acceptors (Lipinski definition) is 5. The number of fused-ring (bicyclic) bond motifs is 3. The predicted molar refractivity (Wildman–Crippen MR) is 97.4 cm³/mol. The fraction of sp³-hybridized carbons (Fsp3) is 0. The Hall–Kier alpha value is -3.60. The number of anilines is 1. The van der Waals surface area contributed by atoms with Gasteiger partial charge in [0, 0.05) is 11.6 Å². The third-order valence-corrected chi connectivity index (χ3v) is 4.28. The van der Waals surface area contributed by atoms with E-state index >= 15 is 0 Å². The molecule has 0 spiro atoms. The van der Waals surface area contributed by atoms with Crippen molar-refractivity contribution in [2.75, 3.05) is 5.73 Å². The second kappa shape index (κ2) is 4.95. The standard InChI is InChI=1S/C20H12N2O3/c21-20-22-15-6-5-13(9-19(15)25-20)17-10-16(23)14-7-11-3-1-2-4-12(11)8-18(14)24-17/h1-10H,(H2,21,22). The lowest BCUT2D eigenvalue weighted by atomic mass is 10.1. The van der Waals surface area contributed by atoms with E-state index in [1.807, 2.05) is 42.5 Å². The summed E-state index contributed by atoms with van der Waals surface area (Å²) in [5, 5.41) is 2.59. The number of benzene rings is 3. The average Bonchev–Trinajstić information content (AvgIpc) is 2.99. The van der Waals surface area contributed by atoms with E-state index in [1.54, 1.807) is 12.1 Å². The number of nitrogens with two attached hydrogens (primary N) is 1. The molecule has 0 fully saturated rings. The number of nitrogen functional groups attached to an aromatic ring is 1. The van der Waals surface area contributed by atoms with Crippen molar-refractivity contribution >= 4 is 38.9 Å². The fourth-order valence-corrected chi connectivity index (χ4v) is 3.08. The van der Waals surface area contributed by atoms with Gasteiger partial charge in [-0.1, -0.05) is 24.3 Å². The van der Waals surface area contributed by atoms with Crippen LogP contribution >= 0.6 is 0 Å². The van der Waals surface area contributed by atoms with Crippen LogP contribution in [-0.4, -0.2) is 4.98 Å². The van der Waals surface area contributed by atoms with E-state index in [4.69, 9.17) is 14.6 Å². The van der Waals surface area contributed by atoms with Crippen molar-refractivity contribution in [3.05, 3.63) is 70.9 Å². The second-order valence-electron chi connectivity index (χ2n) is 5.91. The van der Waals surface area contributed by atoms with Crippen molar-refractivity contribution in [1.82, 2.24) is 4.98 Å². The summed E-state index contributed by atoms with van der Waals surface area (Å²) in [5.74, 6) is 0.477. The molecule has 0 bridgehead atoms. The van der Waals surface area contributed by atoms with E-state index in [2.05, 4.69) is 4.98 Å². The van der Waals surface area contributed by atoms with Gasteiger partial charge in [-0.25, -0.2) is 0 Å². The zero-order chi connectivity index (χ0) is 17.0. The van der Waals surface area contributed by atoms with Crippen LogP contribution in [0.4, 0.5) is 6.01 Å². The van der Waals surface area contributed by atoms with Crippen molar-refractivity contribution < 1.29 is 8.83 Å². The molecule has 3 aromatic carbocycles. The summed E-state index contributed by atoms with van der Waals surface area (Å²) < 4.78 is 11.4. The first-order valence-corrected chi connectivity index (χ1v) is 7.80. The highest BCUT2D eigenvalue weighted by Crippen LogP contribution is 2.28. The predicted octanol–water partition coefficient (Wildman–Crippen LogP) is 4.34. The van der Waals surface area contributed by atoms with Gasteiger partial charge in [-0.05, 0) is 41.1 Å². The first-order valence-electron chi connectivity index (χ1n) is 7.80. The fourth-order valence-electron chi connectivity index (χ4n) is 3.08. The van der Waals surface area contributed by atoms with E-state index in [1.165, 1.54) is 6.07 Å². The zero-order valence-corrected chi connectivity index (χ0v) is 13.0. The van der Waals surface area contributed by atoms with Gasteiger partial charge in [0.05, 0.1) is 5.39 Å². The molecule has 0 aliphatic carbocycles. The molecule has 5 rings (SSSR count). The minimum absolute atomic E-state index is 0.0841. The molecule has 5 heteroatoms. The van der Waals surface area contributed by atoms with Gasteiger partial charge in [0.1, 0.15) is 16.9 Å². The Bertz CT molecular complexity index is 1330. The third-order valence-electron chi connectivity index (χ3n) is 4.28. The lowest BCUT2D eigenvalue weighted by molar-refractivity contribution is 0.616. The Morgan fingerprint density at radius 3 is 2.48 bits per heavy atom. The molecule has 2 aromatic heterocycles. The molecule has 0 saturated carbocycles. The summed E-state index contributed by atoms with van der Waals surface area (Å²) in [7, 11) is 0. The monoisotopic (exact) mass is 328 g/mol. The van der Waals surface area contributed by atoms with Gasteiger partial charge in [-0.3, -0.25) is 4.79 Å². The summed E-state index contributed by atoms with van der Waals surface area (Å²) in [4.78, 5) is 16.6. The van der Waals surface area contributed by atoms with Crippen molar-refractivity contribution in [2.45, 2.75) is 0 Å². The molecule has 5 aromatic rings. The third kappa shape index (κ3) is 2.17. The number of rotatable bonds is 1. The molecule has 120 valence electrons.